The van der Waals surface area contributed by atoms with Crippen molar-refractivity contribution in [3.8, 4) is 0 Å². The van der Waals surface area contributed by atoms with Crippen molar-refractivity contribution >= 4 is 11.6 Å². The van der Waals surface area contributed by atoms with Crippen molar-refractivity contribution in [3.63, 3.8) is 0 Å². The summed E-state index contributed by atoms with van der Waals surface area (Å²) in [5.74, 6) is -0.479. The molecule has 1 aliphatic heterocycles. The molecule has 1 nitrogen and oxygen atoms in total. The first-order valence-electron chi connectivity index (χ1n) is 5.99. The minimum absolute atomic E-state index is 0.0472. The Morgan fingerprint density at radius 3 is 2.94 bits per heavy atom. The Bertz CT molecular complexity index is 378. The first-order valence-corrected chi connectivity index (χ1v) is 6.36. The van der Waals surface area contributed by atoms with Crippen LogP contribution in [-0.4, -0.2) is 18.8 Å². The topological polar surface area (TPSA) is 12.0 Å². The van der Waals surface area contributed by atoms with Gasteiger partial charge in [0.2, 0.25) is 0 Å². The summed E-state index contributed by atoms with van der Waals surface area (Å²) in [4.78, 5) is 0. The summed E-state index contributed by atoms with van der Waals surface area (Å²) in [5, 5.41) is 3.21. The third-order valence-electron chi connectivity index (χ3n) is 3.23. The van der Waals surface area contributed by atoms with Crippen LogP contribution in [0.2, 0.25) is 5.02 Å². The van der Waals surface area contributed by atoms with Gasteiger partial charge in [-0.2, -0.15) is 0 Å². The minimum atomic E-state index is -1.01. The van der Waals surface area contributed by atoms with Crippen LogP contribution in [-0.2, 0) is 6.42 Å². The quantitative estimate of drug-likeness (QED) is 0.876. The number of hydrogen-bond donors (Lipinski definition) is 1. The Morgan fingerprint density at radius 1 is 1.41 bits per heavy atom. The monoisotopic (exact) mass is 259 g/mol. The van der Waals surface area contributed by atoms with Gasteiger partial charge in [-0.1, -0.05) is 30.2 Å². The molecular formula is C13H16ClF2N. The molecule has 0 radical (unpaired) electrons. The average Bonchev–Trinajstić information content (AvgIpc) is 2.36. The van der Waals surface area contributed by atoms with Gasteiger partial charge in [0.15, 0.2) is 0 Å². The standard InChI is InChI=1S/C13H16ClF2N/c14-13-9(4-3-5-10(13)15)8-11(16)12-6-1-2-7-17-12/h3-5,11-12,17H,1-2,6-8H2. The van der Waals surface area contributed by atoms with Gasteiger partial charge in [0, 0.05) is 12.5 Å². The highest BCUT2D eigenvalue weighted by atomic mass is 35.5. The molecule has 1 saturated heterocycles. The molecule has 17 heavy (non-hydrogen) atoms. The fourth-order valence-corrected chi connectivity index (χ4v) is 2.45. The molecule has 0 saturated carbocycles. The summed E-state index contributed by atoms with van der Waals surface area (Å²) in [6.45, 7) is 0.863. The zero-order valence-electron chi connectivity index (χ0n) is 9.56. The molecule has 2 atom stereocenters. The van der Waals surface area contributed by atoms with Crippen molar-refractivity contribution < 1.29 is 8.78 Å². The van der Waals surface area contributed by atoms with Gasteiger partial charge in [0.1, 0.15) is 12.0 Å². The van der Waals surface area contributed by atoms with E-state index in [0.29, 0.717) is 5.56 Å². The SMILES string of the molecule is Fc1cccc(CC(F)C2CCCCN2)c1Cl. The van der Waals surface area contributed by atoms with Gasteiger partial charge in [-0.05, 0) is 31.0 Å². The van der Waals surface area contributed by atoms with Crippen molar-refractivity contribution in [1.29, 1.82) is 0 Å². The molecule has 4 heteroatoms. The van der Waals surface area contributed by atoms with E-state index in [2.05, 4.69) is 5.32 Å². The van der Waals surface area contributed by atoms with Crippen molar-refractivity contribution in [1.82, 2.24) is 5.32 Å². The maximum Gasteiger partial charge on any atom is 0.142 e. The van der Waals surface area contributed by atoms with Crippen molar-refractivity contribution in [2.75, 3.05) is 6.54 Å². The fourth-order valence-electron chi connectivity index (χ4n) is 2.25. The Balaban J connectivity index is 2.01. The van der Waals surface area contributed by atoms with E-state index in [-0.39, 0.29) is 17.5 Å². The third-order valence-corrected chi connectivity index (χ3v) is 3.65. The van der Waals surface area contributed by atoms with Gasteiger partial charge in [-0.25, -0.2) is 8.78 Å². The Labute approximate surface area is 105 Å². The molecule has 1 aromatic carbocycles. The number of halogens is 3. The molecule has 0 spiro atoms. The molecule has 0 aliphatic carbocycles. The smallest absolute Gasteiger partial charge is 0.142 e. The highest BCUT2D eigenvalue weighted by Gasteiger charge is 2.24. The van der Waals surface area contributed by atoms with Gasteiger partial charge in [0.05, 0.1) is 5.02 Å². The number of piperidine rings is 1. The molecule has 0 amide bonds. The van der Waals surface area contributed by atoms with Gasteiger partial charge < -0.3 is 5.32 Å². The van der Waals surface area contributed by atoms with Crippen LogP contribution in [0.3, 0.4) is 0 Å². The average molecular weight is 260 g/mol. The van der Waals surface area contributed by atoms with Crippen LogP contribution in [0.1, 0.15) is 24.8 Å². The van der Waals surface area contributed by atoms with Crippen LogP contribution < -0.4 is 5.32 Å². The Morgan fingerprint density at radius 2 is 2.24 bits per heavy atom. The number of rotatable bonds is 3. The second-order valence-electron chi connectivity index (χ2n) is 4.49. The van der Waals surface area contributed by atoms with Crippen LogP contribution in [0.15, 0.2) is 18.2 Å². The number of benzene rings is 1. The van der Waals surface area contributed by atoms with Crippen molar-refractivity contribution in [2.45, 2.75) is 37.9 Å². The molecule has 1 aliphatic rings. The van der Waals surface area contributed by atoms with Crippen LogP contribution in [0, 0.1) is 5.82 Å². The molecule has 2 rings (SSSR count). The van der Waals surface area contributed by atoms with Crippen LogP contribution >= 0.6 is 11.6 Å². The lowest BCUT2D eigenvalue weighted by Gasteiger charge is -2.26. The molecule has 2 unspecified atom stereocenters. The second-order valence-corrected chi connectivity index (χ2v) is 4.87. The number of nitrogens with one attached hydrogen (secondary N) is 1. The van der Waals surface area contributed by atoms with Crippen LogP contribution in [0.5, 0.6) is 0 Å². The molecule has 1 N–H and O–H groups in total. The lowest BCUT2D eigenvalue weighted by molar-refractivity contribution is 0.217. The summed E-state index contributed by atoms with van der Waals surface area (Å²) < 4.78 is 27.2. The molecule has 94 valence electrons. The van der Waals surface area contributed by atoms with Crippen LogP contribution in [0.25, 0.3) is 0 Å². The van der Waals surface area contributed by atoms with Crippen LogP contribution in [0.4, 0.5) is 8.78 Å². The number of alkyl halides is 1. The zero-order valence-corrected chi connectivity index (χ0v) is 10.3. The summed E-state index contributed by atoms with van der Waals surface area (Å²) in [7, 11) is 0. The van der Waals surface area contributed by atoms with E-state index in [1.54, 1.807) is 12.1 Å². The summed E-state index contributed by atoms with van der Waals surface area (Å²) in [6.07, 6.45) is 2.16. The first-order chi connectivity index (χ1) is 8.18. The van der Waals surface area contributed by atoms with E-state index >= 15 is 0 Å². The summed E-state index contributed by atoms with van der Waals surface area (Å²) in [6, 6.07) is 4.42. The maximum absolute atomic E-state index is 14.0. The summed E-state index contributed by atoms with van der Waals surface area (Å²) >= 11 is 5.81. The third kappa shape index (κ3) is 3.17. The first kappa shape index (κ1) is 12.8. The number of hydrogen-bond acceptors (Lipinski definition) is 1. The fraction of sp³-hybridized carbons (Fsp3) is 0.538. The Hall–Kier alpha value is -0.670. The van der Waals surface area contributed by atoms with E-state index < -0.39 is 12.0 Å². The lowest BCUT2D eigenvalue weighted by atomic mass is 9.96. The Kier molecular flexibility index (Phi) is 4.35. The lowest BCUT2D eigenvalue weighted by Crippen LogP contribution is -2.42. The van der Waals surface area contributed by atoms with Gasteiger partial charge in [-0.3, -0.25) is 0 Å². The minimum Gasteiger partial charge on any atom is -0.311 e. The highest BCUT2D eigenvalue weighted by molar-refractivity contribution is 6.31. The van der Waals surface area contributed by atoms with E-state index in [4.69, 9.17) is 11.6 Å². The molecule has 1 heterocycles. The van der Waals surface area contributed by atoms with Crippen molar-refractivity contribution in [3.05, 3.63) is 34.6 Å². The van der Waals surface area contributed by atoms with E-state index in [0.717, 1.165) is 25.8 Å². The molecule has 1 aromatic rings. The largest absolute Gasteiger partial charge is 0.311 e. The summed E-state index contributed by atoms with van der Waals surface area (Å²) in [5.41, 5.74) is 0.548. The van der Waals surface area contributed by atoms with E-state index in [1.165, 1.54) is 6.07 Å². The molecule has 1 fully saturated rings. The van der Waals surface area contributed by atoms with E-state index in [9.17, 15) is 8.78 Å². The molecule has 0 bridgehead atoms. The highest BCUT2D eigenvalue weighted by Crippen LogP contribution is 2.24. The van der Waals surface area contributed by atoms with Gasteiger partial charge in [0.25, 0.3) is 0 Å². The van der Waals surface area contributed by atoms with Crippen molar-refractivity contribution in [2.24, 2.45) is 0 Å². The second kappa shape index (κ2) is 5.78. The molecule has 0 aromatic heterocycles. The van der Waals surface area contributed by atoms with Gasteiger partial charge >= 0.3 is 0 Å². The normalized spacial score (nSPS) is 22.4. The zero-order chi connectivity index (χ0) is 12.3. The predicted octanol–water partition coefficient (Wildman–Crippen LogP) is 3.50. The van der Waals surface area contributed by atoms with E-state index in [1.807, 2.05) is 0 Å². The maximum atomic E-state index is 14.0. The molecular weight excluding hydrogens is 244 g/mol. The predicted molar refractivity (Wildman–Crippen MR) is 65.7 cm³/mol. The van der Waals surface area contributed by atoms with Gasteiger partial charge in [-0.15, -0.1) is 0 Å².